The maximum atomic E-state index is 2.51. The van der Waals surface area contributed by atoms with Crippen LogP contribution in [0.3, 0.4) is 0 Å². The minimum absolute atomic E-state index is 0.450. The van der Waals surface area contributed by atoms with E-state index < -0.39 is 0 Å². The lowest BCUT2D eigenvalue weighted by atomic mass is 9.96. The molecule has 0 saturated carbocycles. The zero-order valence-electron chi connectivity index (χ0n) is 10.8. The van der Waals surface area contributed by atoms with Gasteiger partial charge in [-0.3, -0.25) is 0 Å². The van der Waals surface area contributed by atoms with Crippen LogP contribution in [0, 0.1) is 5.41 Å². The molecule has 0 aromatic rings. The molecule has 0 aliphatic heterocycles. The summed E-state index contributed by atoms with van der Waals surface area (Å²) in [6, 6.07) is 0. The van der Waals surface area contributed by atoms with Gasteiger partial charge in [0.25, 0.3) is 0 Å². The molecule has 0 aromatic carbocycles. The lowest BCUT2D eigenvalue weighted by Crippen LogP contribution is -2.33. The molecule has 0 aliphatic rings. The quantitative estimate of drug-likeness (QED) is 0.647. The topological polar surface area (TPSA) is 3.24 Å². The normalized spacial score (nSPS) is 11.1. The van der Waals surface area contributed by atoms with Gasteiger partial charge in [-0.15, -0.1) is 0 Å². The van der Waals surface area contributed by atoms with Gasteiger partial charge >= 0.3 is 0 Å². The van der Waals surface area contributed by atoms with Crippen molar-refractivity contribution in [3.8, 4) is 0 Å². The van der Waals surface area contributed by atoms with E-state index in [1.807, 2.05) is 13.8 Å². The fourth-order valence-corrected chi connectivity index (χ4v) is 1.34. The zero-order valence-corrected chi connectivity index (χ0v) is 10.8. The maximum Gasteiger partial charge on any atom is 0.00299 e. The van der Waals surface area contributed by atoms with Crippen LogP contribution in [0.15, 0.2) is 0 Å². The molecule has 1 nitrogen and oxygen atoms in total. The molecule has 0 aliphatic carbocycles. The molecule has 0 N–H and O–H groups in total. The third-order valence-corrected chi connectivity index (χ3v) is 1.68. The second-order valence-electron chi connectivity index (χ2n) is 4.43. The van der Waals surface area contributed by atoms with Gasteiger partial charge in [-0.25, -0.2) is 0 Å². The average Bonchev–Trinajstić information content (AvgIpc) is 2.05. The minimum Gasteiger partial charge on any atom is -0.303 e. The predicted octanol–water partition coefficient (Wildman–Crippen LogP) is 3.79. The molecule has 0 saturated heterocycles. The van der Waals surface area contributed by atoms with Gasteiger partial charge in [0.15, 0.2) is 0 Å². The molecule has 1 heteroatoms. The van der Waals surface area contributed by atoms with Crippen LogP contribution >= 0.6 is 0 Å². The summed E-state index contributed by atoms with van der Waals surface area (Å²) in [5.41, 5.74) is 0.450. The molecular formula is C12H29N. The van der Waals surface area contributed by atoms with Gasteiger partial charge in [-0.2, -0.15) is 0 Å². The summed E-state index contributed by atoms with van der Waals surface area (Å²) in [5.74, 6) is 0. The van der Waals surface area contributed by atoms with Crippen molar-refractivity contribution in [2.45, 2.75) is 54.9 Å². The highest BCUT2D eigenvalue weighted by molar-refractivity contribution is 4.67. The fourth-order valence-electron chi connectivity index (χ4n) is 1.34. The first-order chi connectivity index (χ1) is 5.99. The molecule has 0 fully saturated rings. The summed E-state index contributed by atoms with van der Waals surface area (Å²) >= 11 is 0. The van der Waals surface area contributed by atoms with Crippen molar-refractivity contribution in [1.82, 2.24) is 4.90 Å². The second-order valence-corrected chi connectivity index (χ2v) is 4.43. The lowest BCUT2D eigenvalue weighted by Gasteiger charge is -2.28. The molecule has 0 radical (unpaired) electrons. The van der Waals surface area contributed by atoms with E-state index in [0.717, 1.165) is 0 Å². The van der Waals surface area contributed by atoms with Crippen molar-refractivity contribution in [3.05, 3.63) is 0 Å². The monoisotopic (exact) mass is 187 g/mol. The maximum absolute atomic E-state index is 2.51. The van der Waals surface area contributed by atoms with E-state index in [0.29, 0.717) is 5.41 Å². The van der Waals surface area contributed by atoms with Crippen LogP contribution in [0.1, 0.15) is 54.9 Å². The van der Waals surface area contributed by atoms with Crippen LogP contribution in [0.4, 0.5) is 0 Å². The van der Waals surface area contributed by atoms with Gasteiger partial charge in [-0.1, -0.05) is 48.5 Å². The molecule has 0 bridgehead atoms. The Hall–Kier alpha value is -0.0400. The van der Waals surface area contributed by atoms with Gasteiger partial charge < -0.3 is 4.90 Å². The summed E-state index contributed by atoms with van der Waals surface area (Å²) in [6.07, 6.45) is 1.27. The largest absolute Gasteiger partial charge is 0.303 e. The molecule has 0 amide bonds. The lowest BCUT2D eigenvalue weighted by molar-refractivity contribution is 0.199. The summed E-state index contributed by atoms with van der Waals surface area (Å²) in [4.78, 5) is 2.51. The number of hydrogen-bond donors (Lipinski definition) is 0. The smallest absolute Gasteiger partial charge is 0.00299 e. The molecule has 0 aromatic heterocycles. The predicted molar refractivity (Wildman–Crippen MR) is 63.2 cm³/mol. The Labute approximate surface area is 85.5 Å². The van der Waals surface area contributed by atoms with E-state index in [1.165, 1.54) is 26.1 Å². The average molecular weight is 187 g/mol. The number of nitrogens with zero attached hydrogens (tertiary/aromatic N) is 1. The highest BCUT2D eigenvalue weighted by Gasteiger charge is 2.13. The van der Waals surface area contributed by atoms with E-state index in [9.17, 15) is 0 Å². The standard InChI is InChI=1S/C10H23N.C2H6/c1-6-8-11(7-2)9-10(3,4)5;1-2/h6-9H2,1-5H3;1-2H3. The van der Waals surface area contributed by atoms with Crippen molar-refractivity contribution in [3.63, 3.8) is 0 Å². The zero-order chi connectivity index (χ0) is 10.9. The van der Waals surface area contributed by atoms with Gasteiger partial charge in [0.05, 0.1) is 0 Å². The molecule has 0 rings (SSSR count). The molecule has 0 heterocycles. The molecule has 0 unspecified atom stereocenters. The first-order valence-electron chi connectivity index (χ1n) is 5.72. The summed E-state index contributed by atoms with van der Waals surface area (Å²) in [5, 5.41) is 0. The molecule has 13 heavy (non-hydrogen) atoms. The number of hydrogen-bond acceptors (Lipinski definition) is 1. The van der Waals surface area contributed by atoms with Crippen LogP contribution in [0.2, 0.25) is 0 Å². The van der Waals surface area contributed by atoms with E-state index in [4.69, 9.17) is 0 Å². The van der Waals surface area contributed by atoms with Crippen molar-refractivity contribution >= 4 is 0 Å². The SMILES string of the molecule is CC.CCCN(CC)CC(C)(C)C. The highest BCUT2D eigenvalue weighted by Crippen LogP contribution is 2.14. The molecular weight excluding hydrogens is 158 g/mol. The third-order valence-electron chi connectivity index (χ3n) is 1.68. The van der Waals surface area contributed by atoms with Crippen molar-refractivity contribution < 1.29 is 0 Å². The molecule has 0 atom stereocenters. The van der Waals surface area contributed by atoms with E-state index >= 15 is 0 Å². The van der Waals surface area contributed by atoms with Gasteiger partial charge in [0.2, 0.25) is 0 Å². The Morgan fingerprint density at radius 3 is 1.69 bits per heavy atom. The van der Waals surface area contributed by atoms with E-state index in [2.05, 4.69) is 39.5 Å². The van der Waals surface area contributed by atoms with E-state index in [-0.39, 0.29) is 0 Å². The Morgan fingerprint density at radius 2 is 1.46 bits per heavy atom. The summed E-state index contributed by atoms with van der Waals surface area (Å²) < 4.78 is 0. The van der Waals surface area contributed by atoms with Gasteiger partial charge in [0.1, 0.15) is 0 Å². The second kappa shape index (κ2) is 8.55. The first kappa shape index (κ1) is 15.4. The first-order valence-corrected chi connectivity index (χ1v) is 5.72. The van der Waals surface area contributed by atoms with Gasteiger partial charge in [0, 0.05) is 6.54 Å². The number of rotatable bonds is 4. The van der Waals surface area contributed by atoms with Gasteiger partial charge in [-0.05, 0) is 24.9 Å². The van der Waals surface area contributed by atoms with Crippen LogP contribution in [0.5, 0.6) is 0 Å². The third kappa shape index (κ3) is 12.0. The van der Waals surface area contributed by atoms with Crippen LogP contribution in [-0.4, -0.2) is 24.5 Å². The van der Waals surface area contributed by atoms with Crippen LogP contribution < -0.4 is 0 Å². The van der Waals surface area contributed by atoms with Crippen molar-refractivity contribution in [2.24, 2.45) is 5.41 Å². The fraction of sp³-hybridized carbons (Fsp3) is 1.00. The molecule has 82 valence electrons. The van der Waals surface area contributed by atoms with E-state index in [1.54, 1.807) is 0 Å². The summed E-state index contributed by atoms with van der Waals surface area (Å²) in [7, 11) is 0. The summed E-state index contributed by atoms with van der Waals surface area (Å²) in [6.45, 7) is 19.0. The Balaban J connectivity index is 0. The minimum atomic E-state index is 0.450. The Kier molecular flexibility index (Phi) is 10.2. The van der Waals surface area contributed by atoms with Crippen molar-refractivity contribution in [1.29, 1.82) is 0 Å². The Bertz CT molecular complexity index is 91.8. The van der Waals surface area contributed by atoms with Crippen molar-refractivity contribution in [2.75, 3.05) is 19.6 Å². The molecule has 0 spiro atoms. The highest BCUT2D eigenvalue weighted by atomic mass is 15.1. The van der Waals surface area contributed by atoms with Crippen LogP contribution in [0.25, 0.3) is 0 Å². The Morgan fingerprint density at radius 1 is 1.00 bits per heavy atom. The van der Waals surface area contributed by atoms with Crippen LogP contribution in [-0.2, 0) is 0 Å².